The maximum atomic E-state index is 11.5. The average molecular weight is 282 g/mol. The Balaban J connectivity index is 2.11. The van der Waals surface area contributed by atoms with Gasteiger partial charge in [0.2, 0.25) is 0 Å². The molecule has 0 bridgehead atoms. The second-order valence-corrected chi connectivity index (χ2v) is 5.43. The highest BCUT2D eigenvalue weighted by Gasteiger charge is 2.15. The third kappa shape index (κ3) is 3.87. The number of rotatable bonds is 3. The van der Waals surface area contributed by atoms with Gasteiger partial charge < -0.3 is 10.1 Å². The lowest BCUT2D eigenvalue weighted by atomic mass is 10.1. The van der Waals surface area contributed by atoms with Gasteiger partial charge in [0.15, 0.2) is 0 Å². The van der Waals surface area contributed by atoms with Crippen LogP contribution >= 0.6 is 11.6 Å². The van der Waals surface area contributed by atoms with E-state index >= 15 is 0 Å². The largest absolute Gasteiger partial charge is 0.465 e. The molecule has 1 saturated carbocycles. The van der Waals surface area contributed by atoms with Crippen molar-refractivity contribution in [2.45, 2.75) is 44.6 Å². The van der Waals surface area contributed by atoms with E-state index < -0.39 is 0 Å². The monoisotopic (exact) mass is 281 g/mol. The van der Waals surface area contributed by atoms with Crippen LogP contribution in [-0.4, -0.2) is 19.1 Å². The van der Waals surface area contributed by atoms with E-state index in [9.17, 15) is 4.79 Å². The molecule has 3 nitrogen and oxygen atoms in total. The second-order valence-electron chi connectivity index (χ2n) is 5.02. The van der Waals surface area contributed by atoms with Crippen LogP contribution in [0.15, 0.2) is 18.2 Å². The normalized spacial score (nSPS) is 16.7. The van der Waals surface area contributed by atoms with Gasteiger partial charge in [-0.3, -0.25) is 0 Å². The Morgan fingerprint density at radius 2 is 1.95 bits per heavy atom. The number of ether oxygens (including phenoxy) is 1. The summed E-state index contributed by atoms with van der Waals surface area (Å²) in [4.78, 5) is 11.5. The smallest absolute Gasteiger partial charge is 0.337 e. The first-order valence-corrected chi connectivity index (χ1v) is 7.23. The van der Waals surface area contributed by atoms with E-state index in [2.05, 4.69) is 5.32 Å². The Morgan fingerprint density at radius 3 is 2.58 bits per heavy atom. The van der Waals surface area contributed by atoms with Crippen molar-refractivity contribution < 1.29 is 9.53 Å². The molecule has 0 radical (unpaired) electrons. The minimum Gasteiger partial charge on any atom is -0.465 e. The van der Waals surface area contributed by atoms with Crippen LogP contribution in [0.3, 0.4) is 0 Å². The zero-order valence-corrected chi connectivity index (χ0v) is 12.0. The number of anilines is 1. The molecule has 1 fully saturated rings. The second kappa shape index (κ2) is 6.80. The van der Waals surface area contributed by atoms with Crippen LogP contribution in [0.4, 0.5) is 5.69 Å². The van der Waals surface area contributed by atoms with Crippen molar-refractivity contribution in [2.24, 2.45) is 0 Å². The summed E-state index contributed by atoms with van der Waals surface area (Å²) in [5, 5.41) is 4.12. The molecule has 0 amide bonds. The van der Waals surface area contributed by atoms with E-state index in [1.807, 2.05) is 0 Å². The Hall–Kier alpha value is -1.22. The van der Waals surface area contributed by atoms with Crippen LogP contribution in [0.2, 0.25) is 5.02 Å². The van der Waals surface area contributed by atoms with Crippen molar-refractivity contribution in [2.75, 3.05) is 12.4 Å². The molecule has 1 aliphatic carbocycles. The van der Waals surface area contributed by atoms with Gasteiger partial charge >= 0.3 is 5.97 Å². The van der Waals surface area contributed by atoms with Crippen molar-refractivity contribution in [3.8, 4) is 0 Å². The SMILES string of the molecule is COC(=O)c1ccc(Cl)c(NC2CCCCCC2)c1. The standard InChI is InChI=1S/C15H20ClNO2/c1-19-15(18)11-8-9-13(16)14(10-11)17-12-6-4-2-3-5-7-12/h8-10,12,17H,2-7H2,1H3. The molecule has 1 aromatic carbocycles. The van der Waals surface area contributed by atoms with Gasteiger partial charge in [0, 0.05) is 6.04 Å². The number of hydrogen-bond acceptors (Lipinski definition) is 3. The molecule has 0 unspecified atom stereocenters. The average Bonchev–Trinajstić information content (AvgIpc) is 2.69. The number of methoxy groups -OCH3 is 1. The molecule has 0 atom stereocenters. The highest BCUT2D eigenvalue weighted by Crippen LogP contribution is 2.27. The molecule has 2 rings (SSSR count). The number of hydrogen-bond donors (Lipinski definition) is 1. The molecule has 0 heterocycles. The lowest BCUT2D eigenvalue weighted by molar-refractivity contribution is 0.0601. The van der Waals surface area contributed by atoms with Gasteiger partial charge in [-0.15, -0.1) is 0 Å². The lowest BCUT2D eigenvalue weighted by Crippen LogP contribution is -2.18. The highest BCUT2D eigenvalue weighted by atomic mass is 35.5. The number of carbonyl (C=O) groups is 1. The fourth-order valence-electron chi connectivity index (χ4n) is 2.52. The third-order valence-corrected chi connectivity index (χ3v) is 3.93. The summed E-state index contributed by atoms with van der Waals surface area (Å²) < 4.78 is 4.73. The number of carbonyl (C=O) groups excluding carboxylic acids is 1. The maximum absolute atomic E-state index is 11.5. The lowest BCUT2D eigenvalue weighted by Gasteiger charge is -2.19. The van der Waals surface area contributed by atoms with Gasteiger partial charge in [0.25, 0.3) is 0 Å². The first-order valence-electron chi connectivity index (χ1n) is 6.85. The topological polar surface area (TPSA) is 38.3 Å². The quantitative estimate of drug-likeness (QED) is 0.664. The van der Waals surface area contributed by atoms with Crippen LogP contribution in [0.25, 0.3) is 0 Å². The summed E-state index contributed by atoms with van der Waals surface area (Å²) in [6, 6.07) is 5.66. The van der Waals surface area contributed by atoms with E-state index in [0.29, 0.717) is 16.6 Å². The molecule has 104 valence electrons. The number of halogens is 1. The molecule has 19 heavy (non-hydrogen) atoms. The number of nitrogens with one attached hydrogen (secondary N) is 1. The number of benzene rings is 1. The molecule has 1 aromatic rings. The zero-order chi connectivity index (χ0) is 13.7. The van der Waals surface area contributed by atoms with Crippen molar-refractivity contribution >= 4 is 23.3 Å². The van der Waals surface area contributed by atoms with Crippen molar-refractivity contribution in [1.29, 1.82) is 0 Å². The molecular formula is C15H20ClNO2. The molecule has 1 aliphatic rings. The van der Waals surface area contributed by atoms with Crippen LogP contribution in [0, 0.1) is 0 Å². The Bertz CT molecular complexity index is 440. The van der Waals surface area contributed by atoms with Gasteiger partial charge in [-0.2, -0.15) is 0 Å². The van der Waals surface area contributed by atoms with Crippen LogP contribution < -0.4 is 5.32 Å². The van der Waals surface area contributed by atoms with E-state index in [1.165, 1.54) is 45.6 Å². The third-order valence-electron chi connectivity index (χ3n) is 3.60. The molecular weight excluding hydrogens is 262 g/mol. The van der Waals surface area contributed by atoms with Gasteiger partial charge in [-0.25, -0.2) is 4.79 Å². The molecule has 0 aromatic heterocycles. The van der Waals surface area contributed by atoms with E-state index in [-0.39, 0.29) is 5.97 Å². The Kier molecular flexibility index (Phi) is 5.08. The minimum atomic E-state index is -0.333. The Labute approximate surface area is 119 Å². The highest BCUT2D eigenvalue weighted by molar-refractivity contribution is 6.33. The zero-order valence-electron chi connectivity index (χ0n) is 11.2. The van der Waals surface area contributed by atoms with Crippen LogP contribution in [0.1, 0.15) is 48.9 Å². The molecule has 0 spiro atoms. The molecule has 0 saturated heterocycles. The van der Waals surface area contributed by atoms with Gasteiger partial charge in [-0.1, -0.05) is 37.3 Å². The first kappa shape index (κ1) is 14.2. The van der Waals surface area contributed by atoms with Crippen LogP contribution in [0.5, 0.6) is 0 Å². The maximum Gasteiger partial charge on any atom is 0.337 e. The van der Waals surface area contributed by atoms with Crippen LogP contribution in [-0.2, 0) is 4.74 Å². The summed E-state index contributed by atoms with van der Waals surface area (Å²) in [5.41, 5.74) is 1.36. The Morgan fingerprint density at radius 1 is 1.26 bits per heavy atom. The summed E-state index contributed by atoms with van der Waals surface area (Å²) in [6.07, 6.45) is 7.47. The first-order chi connectivity index (χ1) is 9.20. The summed E-state index contributed by atoms with van der Waals surface area (Å²) in [5.74, 6) is -0.333. The van der Waals surface area contributed by atoms with Gasteiger partial charge in [-0.05, 0) is 31.0 Å². The fraction of sp³-hybridized carbons (Fsp3) is 0.533. The predicted molar refractivity (Wildman–Crippen MR) is 77.9 cm³/mol. The van der Waals surface area contributed by atoms with E-state index in [0.717, 1.165) is 5.69 Å². The predicted octanol–water partition coefficient (Wildman–Crippen LogP) is 4.26. The van der Waals surface area contributed by atoms with E-state index in [4.69, 9.17) is 16.3 Å². The fourth-order valence-corrected chi connectivity index (χ4v) is 2.70. The van der Waals surface area contributed by atoms with Crippen molar-refractivity contribution in [3.63, 3.8) is 0 Å². The summed E-state index contributed by atoms with van der Waals surface area (Å²) in [6.45, 7) is 0. The minimum absolute atomic E-state index is 0.333. The summed E-state index contributed by atoms with van der Waals surface area (Å²) in [7, 11) is 1.38. The molecule has 0 aliphatic heterocycles. The van der Waals surface area contributed by atoms with E-state index in [1.54, 1.807) is 18.2 Å². The molecule has 1 N–H and O–H groups in total. The van der Waals surface area contributed by atoms with Gasteiger partial charge in [0.1, 0.15) is 0 Å². The number of esters is 1. The van der Waals surface area contributed by atoms with Crippen molar-refractivity contribution in [1.82, 2.24) is 0 Å². The van der Waals surface area contributed by atoms with Gasteiger partial charge in [0.05, 0.1) is 23.4 Å². The van der Waals surface area contributed by atoms with Crippen molar-refractivity contribution in [3.05, 3.63) is 28.8 Å². The molecule has 4 heteroatoms. The summed E-state index contributed by atoms with van der Waals surface area (Å²) >= 11 is 6.19.